The minimum atomic E-state index is -0.887. The second-order valence-corrected chi connectivity index (χ2v) is 6.51. The van der Waals surface area contributed by atoms with Gasteiger partial charge in [0.15, 0.2) is 0 Å². The molecule has 0 aliphatic rings. The van der Waals surface area contributed by atoms with Gasteiger partial charge >= 0.3 is 0 Å². The first-order valence-corrected chi connectivity index (χ1v) is 9.34. The summed E-state index contributed by atoms with van der Waals surface area (Å²) in [6, 6.07) is 4.77. The van der Waals surface area contributed by atoms with Crippen molar-refractivity contribution in [2.75, 3.05) is 6.61 Å². The van der Waals surface area contributed by atoms with Crippen molar-refractivity contribution in [3.63, 3.8) is 0 Å². The van der Waals surface area contributed by atoms with E-state index in [1.54, 1.807) is 0 Å². The zero-order valence-electron chi connectivity index (χ0n) is 15.4. The molecule has 2 unspecified atom stereocenters. The highest BCUT2D eigenvalue weighted by atomic mass is 16.6. The summed E-state index contributed by atoms with van der Waals surface area (Å²) in [4.78, 5) is 22.7. The van der Waals surface area contributed by atoms with E-state index in [2.05, 4.69) is 12.2 Å². The van der Waals surface area contributed by atoms with Crippen molar-refractivity contribution >= 4 is 11.6 Å². The number of nitrogens with zero attached hydrogens (tertiary/aromatic N) is 1. The van der Waals surface area contributed by atoms with Gasteiger partial charge in [0, 0.05) is 6.07 Å². The second-order valence-electron chi connectivity index (χ2n) is 6.51. The number of benzene rings is 1. The third-order valence-corrected chi connectivity index (χ3v) is 4.43. The van der Waals surface area contributed by atoms with Gasteiger partial charge < -0.3 is 15.5 Å². The molecule has 0 heterocycles. The Balaban J connectivity index is 2.48. The van der Waals surface area contributed by atoms with Gasteiger partial charge in [-0.15, -0.1) is 0 Å². The number of aliphatic hydroxyl groups is 2. The highest BCUT2D eigenvalue weighted by Gasteiger charge is 2.25. The highest BCUT2D eigenvalue weighted by Crippen LogP contribution is 2.18. The molecule has 0 fully saturated rings. The van der Waals surface area contributed by atoms with E-state index in [0.29, 0.717) is 6.42 Å². The Morgan fingerprint density at radius 2 is 1.77 bits per heavy atom. The van der Waals surface area contributed by atoms with Gasteiger partial charge in [0.25, 0.3) is 11.6 Å². The number of hydrogen-bond acceptors (Lipinski definition) is 5. The molecule has 1 rings (SSSR count). The Morgan fingerprint density at radius 1 is 1.15 bits per heavy atom. The van der Waals surface area contributed by atoms with Crippen molar-refractivity contribution in [1.29, 1.82) is 0 Å². The number of unbranched alkanes of at least 4 members (excludes halogenated alkanes) is 6. The first kappa shape index (κ1) is 22.1. The topological polar surface area (TPSA) is 113 Å². The van der Waals surface area contributed by atoms with E-state index in [1.165, 1.54) is 49.9 Å². The van der Waals surface area contributed by atoms with E-state index in [1.807, 2.05) is 0 Å². The molecule has 146 valence electrons. The molecule has 26 heavy (non-hydrogen) atoms. The summed E-state index contributed by atoms with van der Waals surface area (Å²) >= 11 is 0. The van der Waals surface area contributed by atoms with Crippen molar-refractivity contribution in [3.05, 3.63) is 39.9 Å². The normalized spacial score (nSPS) is 13.2. The fourth-order valence-corrected chi connectivity index (χ4v) is 2.85. The molecule has 0 bridgehead atoms. The van der Waals surface area contributed by atoms with Crippen LogP contribution >= 0.6 is 0 Å². The minimum Gasteiger partial charge on any atom is -0.394 e. The van der Waals surface area contributed by atoms with Crippen molar-refractivity contribution in [3.8, 4) is 0 Å². The molecular weight excluding hydrogens is 336 g/mol. The number of aliphatic hydroxyl groups excluding tert-OH is 2. The van der Waals surface area contributed by atoms with Gasteiger partial charge in [-0.05, 0) is 12.5 Å². The van der Waals surface area contributed by atoms with Crippen molar-refractivity contribution < 1.29 is 19.9 Å². The Kier molecular flexibility index (Phi) is 10.5. The van der Waals surface area contributed by atoms with E-state index in [4.69, 9.17) is 0 Å². The predicted molar refractivity (Wildman–Crippen MR) is 100 cm³/mol. The number of hydrogen-bond donors (Lipinski definition) is 3. The zero-order chi connectivity index (χ0) is 19.4. The first-order chi connectivity index (χ1) is 12.5. The summed E-state index contributed by atoms with van der Waals surface area (Å²) in [6.45, 7) is 1.74. The largest absolute Gasteiger partial charge is 0.394 e. The van der Waals surface area contributed by atoms with Crippen LogP contribution < -0.4 is 5.32 Å². The smallest absolute Gasteiger partial charge is 0.282 e. The van der Waals surface area contributed by atoms with Crippen LogP contribution in [0.4, 0.5) is 5.69 Å². The van der Waals surface area contributed by atoms with Crippen LogP contribution in [0, 0.1) is 10.1 Å². The number of nitro benzene ring substituents is 1. The minimum absolute atomic E-state index is 0.0842. The summed E-state index contributed by atoms with van der Waals surface area (Å²) in [5, 5.41) is 33.2. The molecule has 1 aromatic rings. The molecule has 0 saturated carbocycles. The third kappa shape index (κ3) is 7.49. The summed E-state index contributed by atoms with van der Waals surface area (Å²) in [5.74, 6) is -0.671. The molecule has 0 aromatic heterocycles. The summed E-state index contributed by atoms with van der Waals surface area (Å²) in [7, 11) is 0. The lowest BCUT2D eigenvalue weighted by Gasteiger charge is -2.22. The Hall–Kier alpha value is -1.99. The zero-order valence-corrected chi connectivity index (χ0v) is 15.4. The molecule has 0 saturated heterocycles. The summed E-state index contributed by atoms with van der Waals surface area (Å²) in [5.41, 5.74) is -0.387. The van der Waals surface area contributed by atoms with E-state index in [-0.39, 0.29) is 11.3 Å². The number of nitrogens with one attached hydrogen (secondary N) is 1. The Bertz CT molecular complexity index is 565. The number of carbonyl (C=O) groups excluding carboxylic acids is 1. The molecule has 0 radical (unpaired) electrons. The SMILES string of the molecule is CCCCCCCCCC(O)C(CO)NC(=O)c1ccccc1[N+](=O)[O-]. The van der Waals surface area contributed by atoms with Crippen LogP contribution in [0.1, 0.15) is 68.6 Å². The molecule has 0 aliphatic carbocycles. The fourth-order valence-electron chi connectivity index (χ4n) is 2.85. The van der Waals surface area contributed by atoms with Gasteiger partial charge in [-0.3, -0.25) is 14.9 Å². The Morgan fingerprint density at radius 3 is 2.38 bits per heavy atom. The van der Waals surface area contributed by atoms with Crippen LogP contribution in [0.25, 0.3) is 0 Å². The first-order valence-electron chi connectivity index (χ1n) is 9.34. The predicted octanol–water partition coefficient (Wildman–Crippen LogP) is 3.19. The van der Waals surface area contributed by atoms with Crippen molar-refractivity contribution in [2.45, 2.75) is 70.4 Å². The number of nitro groups is 1. The maximum atomic E-state index is 12.3. The van der Waals surface area contributed by atoms with Gasteiger partial charge in [-0.2, -0.15) is 0 Å². The van der Waals surface area contributed by atoms with Crippen LogP contribution in [0.5, 0.6) is 0 Å². The van der Waals surface area contributed by atoms with Crippen molar-refractivity contribution in [1.82, 2.24) is 5.32 Å². The fraction of sp³-hybridized carbons (Fsp3) is 0.632. The van der Waals surface area contributed by atoms with Crippen LogP contribution in [0.2, 0.25) is 0 Å². The molecule has 7 heteroatoms. The third-order valence-electron chi connectivity index (χ3n) is 4.43. The van der Waals surface area contributed by atoms with E-state index >= 15 is 0 Å². The number of carbonyl (C=O) groups is 1. The molecular formula is C19H30N2O5. The lowest BCUT2D eigenvalue weighted by molar-refractivity contribution is -0.385. The van der Waals surface area contributed by atoms with Crippen LogP contribution in [-0.2, 0) is 0 Å². The molecule has 3 N–H and O–H groups in total. The van der Waals surface area contributed by atoms with Gasteiger partial charge in [0.1, 0.15) is 5.56 Å². The number of amides is 1. The van der Waals surface area contributed by atoms with Gasteiger partial charge in [-0.1, -0.05) is 64.0 Å². The number of para-hydroxylation sites is 1. The van der Waals surface area contributed by atoms with Crippen LogP contribution in [-0.4, -0.2) is 39.8 Å². The van der Waals surface area contributed by atoms with E-state index in [9.17, 15) is 25.1 Å². The molecule has 2 atom stereocenters. The second kappa shape index (κ2) is 12.4. The van der Waals surface area contributed by atoms with E-state index < -0.39 is 29.6 Å². The average molecular weight is 366 g/mol. The van der Waals surface area contributed by atoms with Crippen molar-refractivity contribution in [2.24, 2.45) is 0 Å². The van der Waals surface area contributed by atoms with Gasteiger partial charge in [0.05, 0.1) is 23.7 Å². The lowest BCUT2D eigenvalue weighted by atomic mass is 10.0. The van der Waals surface area contributed by atoms with Gasteiger partial charge in [0.2, 0.25) is 0 Å². The Labute approximate surface area is 154 Å². The average Bonchev–Trinajstić information content (AvgIpc) is 2.64. The molecule has 0 aliphatic heterocycles. The maximum absolute atomic E-state index is 12.3. The summed E-state index contributed by atoms with van der Waals surface area (Å²) in [6.07, 6.45) is 7.36. The van der Waals surface area contributed by atoms with E-state index in [0.717, 1.165) is 19.3 Å². The monoisotopic (exact) mass is 366 g/mol. The quantitative estimate of drug-likeness (QED) is 0.282. The molecule has 0 spiro atoms. The standard InChI is InChI=1S/C19H30N2O5/c1-2-3-4-5-6-7-8-13-18(23)16(14-22)20-19(24)15-11-9-10-12-17(15)21(25)26/h9-12,16,18,22-23H,2-8,13-14H2,1H3,(H,20,24). The van der Waals surface area contributed by atoms with Gasteiger partial charge in [-0.25, -0.2) is 0 Å². The lowest BCUT2D eigenvalue weighted by Crippen LogP contribution is -2.46. The molecule has 1 aromatic carbocycles. The number of rotatable bonds is 13. The maximum Gasteiger partial charge on any atom is 0.282 e. The highest BCUT2D eigenvalue weighted by molar-refractivity contribution is 5.98. The molecule has 1 amide bonds. The van der Waals surface area contributed by atoms with Crippen LogP contribution in [0.3, 0.4) is 0 Å². The molecule has 7 nitrogen and oxygen atoms in total. The summed E-state index contributed by atoms with van der Waals surface area (Å²) < 4.78 is 0. The van der Waals surface area contributed by atoms with Crippen LogP contribution in [0.15, 0.2) is 24.3 Å².